The van der Waals surface area contributed by atoms with Gasteiger partial charge >= 0.3 is 0 Å². The molecule has 5 nitrogen and oxygen atoms in total. The molecule has 130 valence electrons. The Balaban J connectivity index is 2.35. The predicted molar refractivity (Wildman–Crippen MR) is 99.4 cm³/mol. The summed E-state index contributed by atoms with van der Waals surface area (Å²) in [7, 11) is 1.73. The number of hydrogen-bond donors (Lipinski definition) is 2. The minimum absolute atomic E-state index is 0.773. The standard InChI is InChI=1S/C18H32N4O/c1-4-19-18(21-14-10-16-23-3)20-13-9-15-22(5-2)17-11-7-6-8-12-17/h6-8,11-12H,4-5,9-10,13-16H2,1-3H3,(H2,19,20,21). The lowest BCUT2D eigenvalue weighted by atomic mass is 10.2. The number of hydrogen-bond acceptors (Lipinski definition) is 3. The van der Waals surface area contributed by atoms with E-state index in [0.717, 1.165) is 58.1 Å². The van der Waals surface area contributed by atoms with E-state index in [1.54, 1.807) is 7.11 Å². The van der Waals surface area contributed by atoms with Crippen LogP contribution in [0.2, 0.25) is 0 Å². The van der Waals surface area contributed by atoms with E-state index >= 15 is 0 Å². The molecule has 0 bridgehead atoms. The van der Waals surface area contributed by atoms with Crippen LogP contribution in [0.25, 0.3) is 0 Å². The lowest BCUT2D eigenvalue weighted by Crippen LogP contribution is -2.38. The van der Waals surface area contributed by atoms with Crippen molar-refractivity contribution < 1.29 is 4.74 Å². The van der Waals surface area contributed by atoms with Gasteiger partial charge < -0.3 is 20.3 Å². The third-order valence-corrected chi connectivity index (χ3v) is 3.52. The molecule has 1 aromatic rings. The fourth-order valence-electron chi connectivity index (χ4n) is 2.33. The SMILES string of the molecule is CCNC(=NCCCN(CC)c1ccccc1)NCCCOC. The van der Waals surface area contributed by atoms with Crippen molar-refractivity contribution in [2.45, 2.75) is 26.7 Å². The van der Waals surface area contributed by atoms with Gasteiger partial charge in [0.15, 0.2) is 5.96 Å². The molecule has 0 spiro atoms. The summed E-state index contributed by atoms with van der Waals surface area (Å²) in [5.41, 5.74) is 1.28. The fourth-order valence-corrected chi connectivity index (χ4v) is 2.33. The average Bonchev–Trinajstić information content (AvgIpc) is 2.59. The molecular weight excluding hydrogens is 288 g/mol. The number of rotatable bonds is 11. The Morgan fingerprint density at radius 3 is 2.57 bits per heavy atom. The van der Waals surface area contributed by atoms with Crippen LogP contribution in [-0.4, -0.2) is 52.4 Å². The molecular formula is C18H32N4O. The van der Waals surface area contributed by atoms with Crippen LogP contribution in [0, 0.1) is 0 Å². The zero-order valence-corrected chi connectivity index (χ0v) is 14.8. The normalized spacial score (nSPS) is 11.3. The Hall–Kier alpha value is -1.75. The molecule has 0 saturated heterocycles. The van der Waals surface area contributed by atoms with E-state index in [1.807, 2.05) is 0 Å². The molecule has 2 N–H and O–H groups in total. The molecule has 0 radical (unpaired) electrons. The summed E-state index contributed by atoms with van der Waals surface area (Å²) in [4.78, 5) is 7.02. The van der Waals surface area contributed by atoms with Crippen LogP contribution in [0.1, 0.15) is 26.7 Å². The van der Waals surface area contributed by atoms with E-state index in [4.69, 9.17) is 4.74 Å². The summed E-state index contributed by atoms with van der Waals surface area (Å²) < 4.78 is 5.06. The van der Waals surface area contributed by atoms with E-state index in [0.29, 0.717) is 0 Å². The molecule has 23 heavy (non-hydrogen) atoms. The summed E-state index contributed by atoms with van der Waals surface area (Å²) in [6, 6.07) is 10.6. The summed E-state index contributed by atoms with van der Waals surface area (Å²) in [6.07, 6.45) is 2.02. The maximum atomic E-state index is 5.06. The third-order valence-electron chi connectivity index (χ3n) is 3.52. The second kappa shape index (κ2) is 12.8. The van der Waals surface area contributed by atoms with Gasteiger partial charge in [0, 0.05) is 52.1 Å². The van der Waals surface area contributed by atoms with Crippen molar-refractivity contribution in [3.8, 4) is 0 Å². The highest BCUT2D eigenvalue weighted by Gasteiger charge is 2.03. The highest BCUT2D eigenvalue weighted by atomic mass is 16.5. The average molecular weight is 320 g/mol. The number of benzene rings is 1. The van der Waals surface area contributed by atoms with Gasteiger partial charge in [-0.15, -0.1) is 0 Å². The number of anilines is 1. The van der Waals surface area contributed by atoms with E-state index in [1.165, 1.54) is 5.69 Å². The van der Waals surface area contributed by atoms with Crippen molar-refractivity contribution in [1.29, 1.82) is 0 Å². The topological polar surface area (TPSA) is 48.9 Å². The molecule has 0 fully saturated rings. The van der Waals surface area contributed by atoms with Crippen LogP contribution >= 0.6 is 0 Å². The zero-order chi connectivity index (χ0) is 16.8. The lowest BCUT2D eigenvalue weighted by molar-refractivity contribution is 0.195. The van der Waals surface area contributed by atoms with Crippen molar-refractivity contribution in [1.82, 2.24) is 10.6 Å². The Kier molecular flexibility index (Phi) is 10.7. The Bertz CT molecular complexity index is 422. The number of ether oxygens (including phenoxy) is 1. The maximum absolute atomic E-state index is 5.06. The molecule has 0 unspecified atom stereocenters. The molecule has 0 saturated carbocycles. The predicted octanol–water partition coefficient (Wildman–Crippen LogP) is 2.49. The molecule has 0 aliphatic carbocycles. The van der Waals surface area contributed by atoms with E-state index in [2.05, 4.69) is 64.7 Å². The van der Waals surface area contributed by atoms with Crippen LogP contribution < -0.4 is 15.5 Å². The minimum atomic E-state index is 0.773. The number of nitrogens with one attached hydrogen (secondary N) is 2. The second-order valence-electron chi connectivity index (χ2n) is 5.30. The van der Waals surface area contributed by atoms with Gasteiger partial charge in [-0.2, -0.15) is 0 Å². The summed E-state index contributed by atoms with van der Waals surface area (Å²) >= 11 is 0. The van der Waals surface area contributed by atoms with E-state index in [-0.39, 0.29) is 0 Å². The number of nitrogens with zero attached hydrogens (tertiary/aromatic N) is 2. The molecule has 1 rings (SSSR count). The highest BCUT2D eigenvalue weighted by Crippen LogP contribution is 2.12. The van der Waals surface area contributed by atoms with Crippen molar-refractivity contribution in [2.75, 3.05) is 51.3 Å². The van der Waals surface area contributed by atoms with Crippen molar-refractivity contribution in [3.05, 3.63) is 30.3 Å². The van der Waals surface area contributed by atoms with Gasteiger partial charge in [0.1, 0.15) is 0 Å². The summed E-state index contributed by atoms with van der Waals surface area (Å²) in [5, 5.41) is 6.61. The maximum Gasteiger partial charge on any atom is 0.191 e. The molecule has 0 aliphatic rings. The first-order chi connectivity index (χ1) is 11.3. The van der Waals surface area contributed by atoms with Gasteiger partial charge in [0.2, 0.25) is 0 Å². The summed E-state index contributed by atoms with van der Waals surface area (Å²) in [6.45, 7) is 9.66. The first-order valence-corrected chi connectivity index (χ1v) is 8.62. The van der Waals surface area contributed by atoms with Gasteiger partial charge in [-0.25, -0.2) is 0 Å². The van der Waals surface area contributed by atoms with E-state index < -0.39 is 0 Å². The lowest BCUT2D eigenvalue weighted by Gasteiger charge is -2.22. The fraction of sp³-hybridized carbons (Fsp3) is 0.611. The number of methoxy groups -OCH3 is 1. The van der Waals surface area contributed by atoms with Crippen molar-refractivity contribution >= 4 is 11.6 Å². The van der Waals surface area contributed by atoms with Gasteiger partial charge in [0.25, 0.3) is 0 Å². The molecule has 5 heteroatoms. The van der Waals surface area contributed by atoms with Crippen LogP contribution in [-0.2, 0) is 4.74 Å². The number of para-hydroxylation sites is 1. The molecule has 0 aliphatic heterocycles. The minimum Gasteiger partial charge on any atom is -0.385 e. The third kappa shape index (κ3) is 8.45. The van der Waals surface area contributed by atoms with Gasteiger partial charge in [-0.05, 0) is 38.8 Å². The largest absolute Gasteiger partial charge is 0.385 e. The summed E-state index contributed by atoms with van der Waals surface area (Å²) in [5.74, 6) is 0.895. The smallest absolute Gasteiger partial charge is 0.191 e. The Morgan fingerprint density at radius 2 is 1.91 bits per heavy atom. The molecule has 0 heterocycles. The molecule has 0 aromatic heterocycles. The molecule has 0 atom stereocenters. The number of guanidine groups is 1. The first-order valence-electron chi connectivity index (χ1n) is 8.62. The van der Waals surface area contributed by atoms with Gasteiger partial charge in [-0.1, -0.05) is 18.2 Å². The van der Waals surface area contributed by atoms with Crippen LogP contribution in [0.5, 0.6) is 0 Å². The van der Waals surface area contributed by atoms with E-state index in [9.17, 15) is 0 Å². The first kappa shape index (κ1) is 19.3. The monoisotopic (exact) mass is 320 g/mol. The van der Waals surface area contributed by atoms with Crippen molar-refractivity contribution in [3.63, 3.8) is 0 Å². The molecule has 1 aromatic carbocycles. The highest BCUT2D eigenvalue weighted by molar-refractivity contribution is 5.79. The van der Waals surface area contributed by atoms with Gasteiger partial charge in [-0.3, -0.25) is 4.99 Å². The zero-order valence-electron chi connectivity index (χ0n) is 14.8. The molecule has 0 amide bonds. The van der Waals surface area contributed by atoms with Crippen LogP contribution in [0.15, 0.2) is 35.3 Å². The van der Waals surface area contributed by atoms with Crippen LogP contribution in [0.3, 0.4) is 0 Å². The quantitative estimate of drug-likeness (QED) is 0.374. The van der Waals surface area contributed by atoms with Crippen molar-refractivity contribution in [2.24, 2.45) is 4.99 Å². The van der Waals surface area contributed by atoms with Gasteiger partial charge in [0.05, 0.1) is 0 Å². The Labute approximate surface area is 141 Å². The second-order valence-corrected chi connectivity index (χ2v) is 5.30. The van der Waals surface area contributed by atoms with Crippen LogP contribution in [0.4, 0.5) is 5.69 Å². The number of aliphatic imine (C=N–C) groups is 1. The Morgan fingerprint density at radius 1 is 1.13 bits per heavy atom.